The van der Waals surface area contributed by atoms with E-state index < -0.39 is 11.9 Å². The minimum Gasteiger partial charge on any atom is -0.480 e. The lowest BCUT2D eigenvalue weighted by Crippen LogP contribution is -2.18. The maximum atomic E-state index is 11.8. The highest BCUT2D eigenvalue weighted by Gasteiger charge is 2.10. The van der Waals surface area contributed by atoms with Gasteiger partial charge in [-0.15, -0.1) is 0 Å². The lowest BCUT2D eigenvalue weighted by Gasteiger charge is -2.08. The van der Waals surface area contributed by atoms with E-state index in [0.29, 0.717) is 28.7 Å². The summed E-state index contributed by atoms with van der Waals surface area (Å²) in [7, 11) is 1.52. The Morgan fingerprint density at radius 3 is 2.40 bits per heavy atom. The van der Waals surface area contributed by atoms with Gasteiger partial charge >= 0.3 is 11.9 Å². The second-order valence-electron chi connectivity index (χ2n) is 4.85. The number of halogens is 1. The van der Waals surface area contributed by atoms with Crippen LogP contribution < -0.4 is 9.47 Å². The average Bonchev–Trinajstić information content (AvgIpc) is 2.62. The molecule has 132 valence electrons. The summed E-state index contributed by atoms with van der Waals surface area (Å²) >= 11 is 5.93. The van der Waals surface area contributed by atoms with Gasteiger partial charge in [-0.3, -0.25) is 0 Å². The summed E-state index contributed by atoms with van der Waals surface area (Å²) in [6, 6.07) is 12.8. The van der Waals surface area contributed by atoms with E-state index in [0.717, 1.165) is 0 Å². The van der Waals surface area contributed by atoms with E-state index in [1.807, 2.05) is 0 Å². The van der Waals surface area contributed by atoms with Gasteiger partial charge in [0.15, 0.2) is 6.61 Å². The van der Waals surface area contributed by atoms with Crippen molar-refractivity contribution in [2.45, 2.75) is 0 Å². The van der Waals surface area contributed by atoms with Crippen LogP contribution in [0.25, 0.3) is 0 Å². The highest BCUT2D eigenvalue weighted by molar-refractivity contribution is 6.32. The monoisotopic (exact) mass is 364 g/mol. The normalized spacial score (nSPS) is 10.2. The van der Waals surface area contributed by atoms with Crippen LogP contribution in [0.1, 0.15) is 10.4 Å². The molecule has 0 N–H and O–H groups in total. The van der Waals surface area contributed by atoms with Crippen molar-refractivity contribution in [2.75, 3.05) is 26.9 Å². The molecule has 6 nitrogen and oxygen atoms in total. The molecule has 25 heavy (non-hydrogen) atoms. The number of para-hydroxylation sites is 1. The van der Waals surface area contributed by atoms with Gasteiger partial charge in [0.2, 0.25) is 0 Å². The van der Waals surface area contributed by atoms with Gasteiger partial charge in [0, 0.05) is 7.11 Å². The Hall–Kier alpha value is -2.57. The van der Waals surface area contributed by atoms with Crippen LogP contribution in [0.3, 0.4) is 0 Å². The first-order valence-electron chi connectivity index (χ1n) is 7.44. The topological polar surface area (TPSA) is 71.1 Å². The first-order chi connectivity index (χ1) is 12.1. The largest absolute Gasteiger partial charge is 0.480 e. The summed E-state index contributed by atoms with van der Waals surface area (Å²) < 4.78 is 20.2. The predicted octanol–water partition coefficient (Wildman–Crippen LogP) is 3.13. The van der Waals surface area contributed by atoms with Crippen molar-refractivity contribution in [1.29, 1.82) is 0 Å². The number of carbonyl (C=O) groups is 2. The summed E-state index contributed by atoms with van der Waals surface area (Å²) in [5.41, 5.74) is 0.350. The third-order valence-corrected chi connectivity index (χ3v) is 3.34. The SMILES string of the molecule is COCCOC(=O)c1ccc(OC(=O)COc2ccccc2Cl)cc1. The zero-order valence-electron chi connectivity index (χ0n) is 13.6. The fourth-order valence-corrected chi connectivity index (χ4v) is 2.01. The van der Waals surface area contributed by atoms with Gasteiger partial charge in [-0.1, -0.05) is 23.7 Å². The van der Waals surface area contributed by atoms with Gasteiger partial charge in [-0.05, 0) is 36.4 Å². The summed E-state index contributed by atoms with van der Waals surface area (Å²) in [6.07, 6.45) is 0. The van der Waals surface area contributed by atoms with Crippen molar-refractivity contribution in [3.8, 4) is 11.5 Å². The molecule has 0 aliphatic heterocycles. The number of hydrogen-bond acceptors (Lipinski definition) is 6. The summed E-state index contributed by atoms with van der Waals surface area (Å²) in [4.78, 5) is 23.5. The molecule has 0 unspecified atom stereocenters. The zero-order valence-corrected chi connectivity index (χ0v) is 14.3. The summed E-state index contributed by atoms with van der Waals surface area (Å²) in [5, 5.41) is 0.409. The van der Waals surface area contributed by atoms with Crippen LogP contribution in [0, 0.1) is 0 Å². The van der Waals surface area contributed by atoms with Crippen molar-refractivity contribution < 1.29 is 28.5 Å². The first-order valence-corrected chi connectivity index (χ1v) is 7.82. The maximum Gasteiger partial charge on any atom is 0.349 e. The molecule has 7 heteroatoms. The summed E-state index contributed by atoms with van der Waals surface area (Å²) in [6.45, 7) is 0.211. The van der Waals surface area contributed by atoms with Gasteiger partial charge in [-0.25, -0.2) is 9.59 Å². The van der Waals surface area contributed by atoms with Crippen LogP contribution in [-0.4, -0.2) is 38.9 Å². The first kappa shape index (κ1) is 18.8. The molecule has 0 amide bonds. The molecule has 0 fully saturated rings. The van der Waals surface area contributed by atoms with Crippen LogP contribution in [0.4, 0.5) is 0 Å². The quantitative estimate of drug-likeness (QED) is 0.407. The lowest BCUT2D eigenvalue weighted by atomic mass is 10.2. The van der Waals surface area contributed by atoms with Crippen molar-refractivity contribution in [2.24, 2.45) is 0 Å². The van der Waals surface area contributed by atoms with Gasteiger partial charge in [0.25, 0.3) is 0 Å². The molecule has 2 aromatic rings. The Balaban J connectivity index is 1.83. The van der Waals surface area contributed by atoms with Crippen molar-refractivity contribution in [3.05, 3.63) is 59.1 Å². The number of esters is 2. The van der Waals surface area contributed by atoms with Gasteiger partial charge in [-0.2, -0.15) is 0 Å². The molecule has 0 heterocycles. The van der Waals surface area contributed by atoms with Gasteiger partial charge < -0.3 is 18.9 Å². The molecule has 0 saturated carbocycles. The molecular weight excluding hydrogens is 348 g/mol. The van der Waals surface area contributed by atoms with Crippen LogP contribution in [0.15, 0.2) is 48.5 Å². The molecule has 2 rings (SSSR count). The van der Waals surface area contributed by atoms with Crippen molar-refractivity contribution in [1.82, 2.24) is 0 Å². The van der Waals surface area contributed by atoms with E-state index >= 15 is 0 Å². The Morgan fingerprint density at radius 2 is 1.72 bits per heavy atom. The molecule has 0 radical (unpaired) electrons. The highest BCUT2D eigenvalue weighted by atomic mass is 35.5. The molecule has 0 aromatic heterocycles. The molecule has 0 bridgehead atoms. The van der Waals surface area contributed by atoms with Gasteiger partial charge in [0.1, 0.15) is 18.1 Å². The molecule has 0 aliphatic rings. The number of ether oxygens (including phenoxy) is 4. The average molecular weight is 365 g/mol. The van der Waals surface area contributed by atoms with E-state index in [4.69, 9.17) is 30.5 Å². The van der Waals surface area contributed by atoms with Crippen LogP contribution in [-0.2, 0) is 14.3 Å². The molecule has 0 aliphatic carbocycles. The number of benzene rings is 2. The third kappa shape index (κ3) is 6.10. The molecule has 2 aromatic carbocycles. The smallest absolute Gasteiger partial charge is 0.349 e. The Kier molecular flexibility index (Phi) is 7.25. The van der Waals surface area contributed by atoms with Crippen LogP contribution >= 0.6 is 11.6 Å². The Bertz CT molecular complexity index is 714. The maximum absolute atomic E-state index is 11.8. The molecular formula is C18H17ClO6. The second-order valence-corrected chi connectivity index (χ2v) is 5.25. The lowest BCUT2D eigenvalue weighted by molar-refractivity contribution is -0.136. The number of rotatable bonds is 8. The number of hydrogen-bond donors (Lipinski definition) is 0. The van der Waals surface area contributed by atoms with E-state index in [2.05, 4.69) is 0 Å². The van der Waals surface area contributed by atoms with E-state index in [1.54, 1.807) is 24.3 Å². The highest BCUT2D eigenvalue weighted by Crippen LogP contribution is 2.23. The fraction of sp³-hybridized carbons (Fsp3) is 0.222. The summed E-state index contributed by atoms with van der Waals surface area (Å²) in [5.74, 6) is -0.371. The standard InChI is InChI=1S/C18H17ClO6/c1-22-10-11-23-18(21)13-6-8-14(9-7-13)25-17(20)12-24-16-5-3-2-4-15(16)19/h2-9H,10-12H2,1H3. The predicted molar refractivity (Wildman–Crippen MR) is 91.2 cm³/mol. The second kappa shape index (κ2) is 9.66. The van der Waals surface area contributed by atoms with Crippen LogP contribution in [0.5, 0.6) is 11.5 Å². The van der Waals surface area contributed by atoms with E-state index in [1.165, 1.54) is 31.4 Å². The molecule has 0 spiro atoms. The zero-order chi connectivity index (χ0) is 18.1. The minimum atomic E-state index is -0.588. The van der Waals surface area contributed by atoms with E-state index in [-0.39, 0.29) is 13.2 Å². The van der Waals surface area contributed by atoms with Crippen molar-refractivity contribution in [3.63, 3.8) is 0 Å². The third-order valence-electron chi connectivity index (χ3n) is 3.02. The number of carbonyl (C=O) groups excluding carboxylic acids is 2. The Morgan fingerprint density at radius 1 is 1.00 bits per heavy atom. The van der Waals surface area contributed by atoms with Crippen LogP contribution in [0.2, 0.25) is 5.02 Å². The van der Waals surface area contributed by atoms with Crippen molar-refractivity contribution >= 4 is 23.5 Å². The fourth-order valence-electron chi connectivity index (χ4n) is 1.82. The number of methoxy groups -OCH3 is 1. The molecule has 0 atom stereocenters. The Labute approximate surface area is 150 Å². The minimum absolute atomic E-state index is 0.172. The molecule has 0 saturated heterocycles. The van der Waals surface area contributed by atoms with Gasteiger partial charge in [0.05, 0.1) is 17.2 Å². The van der Waals surface area contributed by atoms with E-state index in [9.17, 15) is 9.59 Å².